The van der Waals surface area contributed by atoms with Crippen molar-refractivity contribution in [3.8, 4) is 0 Å². The molecule has 1 aliphatic heterocycles. The number of aryl methyl sites for hydroxylation is 1. The molecule has 0 aliphatic carbocycles. The zero-order valence-corrected chi connectivity index (χ0v) is 16.5. The highest BCUT2D eigenvalue weighted by Crippen LogP contribution is 2.26. The molecule has 0 saturated carbocycles. The Bertz CT molecular complexity index is 819. The van der Waals surface area contributed by atoms with E-state index in [9.17, 15) is 9.59 Å². The van der Waals surface area contributed by atoms with Gasteiger partial charge in [0.25, 0.3) is 5.56 Å². The summed E-state index contributed by atoms with van der Waals surface area (Å²) in [5, 5.41) is 3.40. The average Bonchev–Trinajstić information content (AvgIpc) is 3.11. The van der Waals surface area contributed by atoms with Gasteiger partial charge >= 0.3 is 0 Å². The number of rotatable bonds is 8. The Hall–Kier alpha value is -1.73. The average molecular weight is 390 g/mol. The highest BCUT2D eigenvalue weighted by molar-refractivity contribution is 7.99. The number of aromatic amines is 1. The molecule has 0 atom stereocenters. The van der Waals surface area contributed by atoms with Crippen LogP contribution in [0.1, 0.15) is 43.0 Å². The van der Waals surface area contributed by atoms with Gasteiger partial charge < -0.3 is 10.3 Å². The monoisotopic (exact) mass is 389 g/mol. The van der Waals surface area contributed by atoms with Gasteiger partial charge in [-0.1, -0.05) is 43.7 Å². The Morgan fingerprint density at radius 3 is 2.85 bits per heavy atom. The van der Waals surface area contributed by atoms with Crippen LogP contribution in [0.4, 0.5) is 5.69 Å². The molecule has 0 spiro atoms. The second-order valence-corrected chi connectivity index (χ2v) is 8.23. The molecule has 0 fully saturated rings. The lowest BCUT2D eigenvalue weighted by Crippen LogP contribution is -2.17. The van der Waals surface area contributed by atoms with Crippen LogP contribution in [0.15, 0.2) is 34.2 Å². The van der Waals surface area contributed by atoms with E-state index in [2.05, 4.69) is 34.3 Å². The van der Waals surface area contributed by atoms with Gasteiger partial charge in [0.15, 0.2) is 5.16 Å². The minimum absolute atomic E-state index is 0.0819. The first-order valence-electron chi connectivity index (χ1n) is 8.87. The van der Waals surface area contributed by atoms with Crippen LogP contribution in [-0.4, -0.2) is 21.6 Å². The van der Waals surface area contributed by atoms with Crippen LogP contribution in [0.5, 0.6) is 0 Å². The third kappa shape index (κ3) is 5.14. The van der Waals surface area contributed by atoms with Gasteiger partial charge in [-0.05, 0) is 30.5 Å². The number of anilines is 1. The van der Waals surface area contributed by atoms with Crippen LogP contribution in [0.25, 0.3) is 0 Å². The van der Waals surface area contributed by atoms with Crippen molar-refractivity contribution < 1.29 is 4.79 Å². The summed E-state index contributed by atoms with van der Waals surface area (Å²) < 4.78 is 0. The Morgan fingerprint density at radius 1 is 1.27 bits per heavy atom. The van der Waals surface area contributed by atoms with Crippen molar-refractivity contribution in [2.75, 3.05) is 11.1 Å². The van der Waals surface area contributed by atoms with Crippen LogP contribution in [-0.2, 0) is 22.7 Å². The minimum atomic E-state index is -0.105. The van der Waals surface area contributed by atoms with Gasteiger partial charge in [0.1, 0.15) is 0 Å². The van der Waals surface area contributed by atoms with E-state index in [1.807, 2.05) is 12.1 Å². The summed E-state index contributed by atoms with van der Waals surface area (Å²) in [7, 11) is 0. The number of thioether (sulfide) groups is 2. The molecule has 0 bridgehead atoms. The van der Waals surface area contributed by atoms with Crippen LogP contribution in [0, 0.1) is 0 Å². The third-order valence-corrected chi connectivity index (χ3v) is 6.05. The number of benzene rings is 1. The van der Waals surface area contributed by atoms with Crippen molar-refractivity contribution in [2.45, 2.75) is 49.3 Å². The Morgan fingerprint density at radius 2 is 2.08 bits per heavy atom. The number of amides is 1. The summed E-state index contributed by atoms with van der Waals surface area (Å²) in [5.74, 6) is 1.60. The summed E-state index contributed by atoms with van der Waals surface area (Å²) in [5.41, 5.74) is 3.62. The molecule has 2 aromatic rings. The number of hydrogen-bond donors (Lipinski definition) is 2. The summed E-state index contributed by atoms with van der Waals surface area (Å²) >= 11 is 2.94. The maximum absolute atomic E-state index is 12.1. The molecule has 0 radical (unpaired) electrons. The summed E-state index contributed by atoms with van der Waals surface area (Å²) in [6.45, 7) is 2.20. The van der Waals surface area contributed by atoms with E-state index in [1.54, 1.807) is 11.8 Å². The van der Waals surface area contributed by atoms with E-state index >= 15 is 0 Å². The van der Waals surface area contributed by atoms with Gasteiger partial charge in [0.2, 0.25) is 5.91 Å². The predicted molar refractivity (Wildman–Crippen MR) is 109 cm³/mol. The summed E-state index contributed by atoms with van der Waals surface area (Å²) in [6, 6.07) is 8.01. The van der Waals surface area contributed by atoms with Gasteiger partial charge in [0, 0.05) is 22.8 Å². The maximum atomic E-state index is 12.1. The number of carbonyl (C=O) groups excluding carboxylic acids is 1. The van der Waals surface area contributed by atoms with Crippen LogP contribution in [0.2, 0.25) is 0 Å². The lowest BCUT2D eigenvalue weighted by molar-refractivity contribution is -0.113. The van der Waals surface area contributed by atoms with E-state index in [0.717, 1.165) is 34.9 Å². The first kappa shape index (κ1) is 19.0. The highest BCUT2D eigenvalue weighted by Gasteiger charge is 2.18. The number of carbonyl (C=O) groups is 1. The van der Waals surface area contributed by atoms with E-state index in [0.29, 0.717) is 5.16 Å². The van der Waals surface area contributed by atoms with Crippen molar-refractivity contribution in [3.63, 3.8) is 0 Å². The van der Waals surface area contributed by atoms with Crippen LogP contribution in [0.3, 0.4) is 0 Å². The summed E-state index contributed by atoms with van der Waals surface area (Å²) in [6.07, 6.45) is 4.74. The Kier molecular flexibility index (Phi) is 6.80. The van der Waals surface area contributed by atoms with Gasteiger partial charge in [-0.15, -0.1) is 0 Å². The van der Waals surface area contributed by atoms with Crippen LogP contribution >= 0.6 is 23.5 Å². The quantitative estimate of drug-likeness (QED) is 0.406. The molecule has 3 rings (SSSR count). The Balaban J connectivity index is 1.50. The smallest absolute Gasteiger partial charge is 0.255 e. The minimum Gasteiger partial charge on any atom is -0.325 e. The first-order chi connectivity index (χ1) is 12.7. The molecule has 1 aromatic heterocycles. The van der Waals surface area contributed by atoms with E-state index < -0.39 is 0 Å². The molecule has 26 heavy (non-hydrogen) atoms. The van der Waals surface area contributed by atoms with Crippen molar-refractivity contribution in [1.82, 2.24) is 9.97 Å². The third-order valence-electron chi connectivity index (χ3n) is 4.21. The zero-order valence-electron chi connectivity index (χ0n) is 14.8. The molecular weight excluding hydrogens is 366 g/mol. The number of unbranched alkanes of at least 4 members (excludes halogenated alkanes) is 2. The fourth-order valence-electron chi connectivity index (χ4n) is 2.77. The molecule has 0 unspecified atom stereocenters. The fourth-order valence-corrected chi connectivity index (χ4v) is 4.49. The van der Waals surface area contributed by atoms with Gasteiger partial charge in [0.05, 0.1) is 11.4 Å². The number of H-pyrrole nitrogens is 1. The van der Waals surface area contributed by atoms with Crippen molar-refractivity contribution >= 4 is 35.1 Å². The number of nitrogens with zero attached hydrogens (tertiary/aromatic N) is 1. The molecule has 0 saturated heterocycles. The number of hydrogen-bond acceptors (Lipinski definition) is 5. The maximum Gasteiger partial charge on any atom is 0.255 e. The molecule has 5 nitrogen and oxygen atoms in total. The molecule has 138 valence electrons. The number of fused-ring (bicyclic) bond motifs is 1. The standard InChI is InChI=1S/C19H23N3O2S2/c1-2-3-4-5-13-6-8-14(9-7-13)20-17(23)12-26-19-21-16-11-25-10-15(16)18(24)22-19/h6-9H,2-5,10-12H2,1H3,(H,20,23)(H,21,22,24). The lowest BCUT2D eigenvalue weighted by Gasteiger charge is -2.07. The largest absolute Gasteiger partial charge is 0.325 e. The molecular formula is C19H23N3O2S2. The topological polar surface area (TPSA) is 74.8 Å². The van der Waals surface area contributed by atoms with E-state index in [1.165, 1.54) is 36.6 Å². The molecule has 1 amide bonds. The van der Waals surface area contributed by atoms with Gasteiger partial charge in [-0.2, -0.15) is 11.8 Å². The van der Waals surface area contributed by atoms with E-state index in [-0.39, 0.29) is 17.2 Å². The summed E-state index contributed by atoms with van der Waals surface area (Å²) in [4.78, 5) is 31.3. The van der Waals surface area contributed by atoms with Crippen molar-refractivity contribution in [3.05, 3.63) is 51.4 Å². The molecule has 1 aliphatic rings. The van der Waals surface area contributed by atoms with E-state index in [4.69, 9.17) is 0 Å². The lowest BCUT2D eigenvalue weighted by atomic mass is 10.1. The Labute approximate surface area is 161 Å². The normalized spacial score (nSPS) is 12.8. The highest BCUT2D eigenvalue weighted by atomic mass is 32.2. The molecule has 2 heterocycles. The van der Waals surface area contributed by atoms with Crippen LogP contribution < -0.4 is 10.9 Å². The number of nitrogens with one attached hydrogen (secondary N) is 2. The van der Waals surface area contributed by atoms with Crippen molar-refractivity contribution in [2.24, 2.45) is 0 Å². The second-order valence-electron chi connectivity index (χ2n) is 6.28. The van der Waals surface area contributed by atoms with Gasteiger partial charge in [-0.3, -0.25) is 9.59 Å². The van der Waals surface area contributed by atoms with Gasteiger partial charge in [-0.25, -0.2) is 4.98 Å². The fraction of sp³-hybridized carbons (Fsp3) is 0.421. The second kappa shape index (κ2) is 9.28. The SMILES string of the molecule is CCCCCc1ccc(NC(=O)CSc2nc3c(c(=O)[nH]2)CSC3)cc1. The molecule has 2 N–H and O–H groups in total. The predicted octanol–water partition coefficient (Wildman–Crippen LogP) is 3.98. The number of aromatic nitrogens is 2. The van der Waals surface area contributed by atoms with Crippen molar-refractivity contribution in [1.29, 1.82) is 0 Å². The molecule has 7 heteroatoms. The zero-order chi connectivity index (χ0) is 18.4. The molecule has 1 aromatic carbocycles. The first-order valence-corrected chi connectivity index (χ1v) is 11.0.